The van der Waals surface area contributed by atoms with E-state index in [2.05, 4.69) is 11.9 Å². The third-order valence-corrected chi connectivity index (χ3v) is 2.12. The fraction of sp³-hybridized carbons (Fsp3) is 0.286. The molecule has 1 rings (SSSR count). The van der Waals surface area contributed by atoms with Crippen LogP contribution < -0.4 is 5.32 Å². The van der Waals surface area contributed by atoms with Crippen molar-refractivity contribution in [1.82, 2.24) is 0 Å². The average molecular weight is 263 g/mol. The van der Waals surface area contributed by atoms with Crippen LogP contribution >= 0.6 is 0 Å². The lowest BCUT2D eigenvalue weighted by molar-refractivity contribution is -0.143. The van der Waals surface area contributed by atoms with Gasteiger partial charge in [-0.15, -0.1) is 0 Å². The molecule has 0 atom stereocenters. The monoisotopic (exact) mass is 263 g/mol. The van der Waals surface area contributed by atoms with Gasteiger partial charge in [-0.3, -0.25) is 5.32 Å². The second-order valence-corrected chi connectivity index (χ2v) is 4.45. The van der Waals surface area contributed by atoms with Crippen molar-refractivity contribution in [3.05, 3.63) is 43.0 Å². The van der Waals surface area contributed by atoms with Crippen LogP contribution in [0.5, 0.6) is 0 Å². The van der Waals surface area contributed by atoms with Crippen molar-refractivity contribution < 1.29 is 19.1 Å². The topological polar surface area (TPSA) is 64.6 Å². The predicted octanol–water partition coefficient (Wildman–Crippen LogP) is 2.74. The second kappa shape index (κ2) is 6.58. The van der Waals surface area contributed by atoms with Crippen LogP contribution in [0.1, 0.15) is 13.8 Å². The van der Waals surface area contributed by atoms with Crippen molar-refractivity contribution in [3.63, 3.8) is 0 Å². The summed E-state index contributed by atoms with van der Waals surface area (Å²) in [5, 5.41) is 2.58. The zero-order valence-corrected chi connectivity index (χ0v) is 11.0. The van der Waals surface area contributed by atoms with Gasteiger partial charge in [-0.25, -0.2) is 9.59 Å². The number of carbonyl (C=O) groups excluding carboxylic acids is 2. The zero-order valence-electron chi connectivity index (χ0n) is 11.0. The van der Waals surface area contributed by atoms with Gasteiger partial charge in [0.2, 0.25) is 0 Å². The number of amides is 1. The molecule has 0 bridgehead atoms. The molecule has 0 aliphatic carbocycles. The molecular formula is C14H17NO4. The lowest BCUT2D eigenvalue weighted by Gasteiger charge is -2.24. The number of benzene rings is 1. The molecule has 5 nitrogen and oxygen atoms in total. The second-order valence-electron chi connectivity index (χ2n) is 4.45. The van der Waals surface area contributed by atoms with Gasteiger partial charge in [0.05, 0.1) is 0 Å². The van der Waals surface area contributed by atoms with Crippen molar-refractivity contribution in [2.24, 2.45) is 0 Å². The van der Waals surface area contributed by atoms with Crippen LogP contribution in [0.3, 0.4) is 0 Å². The Kier molecular flexibility index (Phi) is 5.11. The van der Waals surface area contributed by atoms with Gasteiger partial charge < -0.3 is 9.47 Å². The highest BCUT2D eigenvalue weighted by Crippen LogP contribution is 2.13. The third kappa shape index (κ3) is 5.72. The van der Waals surface area contributed by atoms with Gasteiger partial charge >= 0.3 is 12.1 Å². The van der Waals surface area contributed by atoms with Gasteiger partial charge in [0.25, 0.3) is 0 Å². The van der Waals surface area contributed by atoms with E-state index >= 15 is 0 Å². The fourth-order valence-corrected chi connectivity index (χ4v) is 1.25. The van der Waals surface area contributed by atoms with Crippen LogP contribution in [0.4, 0.5) is 10.5 Å². The normalized spacial score (nSPS) is 10.4. The maximum absolute atomic E-state index is 11.6. The first-order chi connectivity index (χ1) is 8.93. The molecule has 0 radical (unpaired) electrons. The molecule has 0 saturated heterocycles. The Morgan fingerprint density at radius 3 is 2.53 bits per heavy atom. The average Bonchev–Trinajstić information content (AvgIpc) is 2.36. The van der Waals surface area contributed by atoms with E-state index in [1.54, 1.807) is 38.1 Å². The molecule has 19 heavy (non-hydrogen) atoms. The molecule has 0 aliphatic heterocycles. The van der Waals surface area contributed by atoms with E-state index in [-0.39, 0.29) is 6.61 Å². The van der Waals surface area contributed by atoms with Gasteiger partial charge in [-0.1, -0.05) is 24.8 Å². The highest BCUT2D eigenvalue weighted by atomic mass is 16.6. The lowest BCUT2D eigenvalue weighted by Crippen LogP contribution is -2.36. The number of rotatable bonds is 5. The number of hydrogen-bond donors (Lipinski definition) is 1. The summed E-state index contributed by atoms with van der Waals surface area (Å²) in [5.41, 5.74) is -0.288. The van der Waals surface area contributed by atoms with Crippen LogP contribution in [0, 0.1) is 0 Å². The van der Waals surface area contributed by atoms with Crippen LogP contribution in [-0.2, 0) is 14.3 Å². The number of anilines is 1. The molecule has 1 amide bonds. The molecule has 0 unspecified atom stereocenters. The van der Waals surface area contributed by atoms with E-state index < -0.39 is 17.7 Å². The quantitative estimate of drug-likeness (QED) is 0.655. The molecule has 0 spiro atoms. The van der Waals surface area contributed by atoms with Gasteiger partial charge in [0.15, 0.2) is 0 Å². The molecule has 102 valence electrons. The molecular weight excluding hydrogens is 246 g/mol. The SMILES string of the molecule is C=CC(=O)OCC(C)(C)OC(=O)Nc1ccccc1. The smallest absolute Gasteiger partial charge is 0.412 e. The van der Waals surface area contributed by atoms with Crippen molar-refractivity contribution in [2.45, 2.75) is 19.4 Å². The zero-order chi connectivity index (χ0) is 14.3. The first-order valence-corrected chi connectivity index (χ1v) is 5.77. The van der Waals surface area contributed by atoms with E-state index in [1.807, 2.05) is 6.07 Å². The third-order valence-electron chi connectivity index (χ3n) is 2.12. The molecule has 1 aromatic rings. The highest BCUT2D eigenvalue weighted by molar-refractivity contribution is 5.84. The van der Waals surface area contributed by atoms with Gasteiger partial charge in [-0.2, -0.15) is 0 Å². The number of hydrogen-bond acceptors (Lipinski definition) is 4. The minimum Gasteiger partial charge on any atom is -0.458 e. The molecule has 5 heteroatoms. The molecule has 1 aromatic carbocycles. The first-order valence-electron chi connectivity index (χ1n) is 5.77. The van der Waals surface area contributed by atoms with E-state index in [4.69, 9.17) is 9.47 Å². The summed E-state index contributed by atoms with van der Waals surface area (Å²) < 4.78 is 10.0. The van der Waals surface area contributed by atoms with E-state index in [0.29, 0.717) is 5.69 Å². The Hall–Kier alpha value is -2.30. The Balaban J connectivity index is 2.46. The minimum atomic E-state index is -0.919. The number of nitrogens with one attached hydrogen (secondary N) is 1. The summed E-state index contributed by atoms with van der Waals surface area (Å²) >= 11 is 0. The number of para-hydroxylation sites is 1. The van der Waals surface area contributed by atoms with Gasteiger partial charge in [0, 0.05) is 11.8 Å². The summed E-state index contributed by atoms with van der Waals surface area (Å²) in [6.07, 6.45) is 0.450. The number of esters is 1. The lowest BCUT2D eigenvalue weighted by atomic mass is 10.1. The van der Waals surface area contributed by atoms with Gasteiger partial charge in [0.1, 0.15) is 12.2 Å². The van der Waals surface area contributed by atoms with E-state index in [0.717, 1.165) is 6.08 Å². The van der Waals surface area contributed by atoms with Crippen molar-refractivity contribution in [1.29, 1.82) is 0 Å². The first kappa shape index (κ1) is 14.8. The fourth-order valence-electron chi connectivity index (χ4n) is 1.25. The Morgan fingerprint density at radius 2 is 1.95 bits per heavy atom. The molecule has 0 fully saturated rings. The standard InChI is InChI=1S/C14H17NO4/c1-4-12(16)18-10-14(2,3)19-13(17)15-11-8-6-5-7-9-11/h4-9H,1,10H2,2-3H3,(H,15,17). The van der Waals surface area contributed by atoms with Crippen LogP contribution in [-0.4, -0.2) is 24.3 Å². The van der Waals surface area contributed by atoms with Crippen molar-refractivity contribution >= 4 is 17.7 Å². The summed E-state index contributed by atoms with van der Waals surface area (Å²) in [7, 11) is 0. The maximum atomic E-state index is 11.6. The summed E-state index contributed by atoms with van der Waals surface area (Å²) in [4.78, 5) is 22.6. The Labute approximate surface area is 112 Å². The summed E-state index contributed by atoms with van der Waals surface area (Å²) in [5.74, 6) is -0.555. The van der Waals surface area contributed by atoms with Gasteiger partial charge in [-0.05, 0) is 26.0 Å². The number of carbonyl (C=O) groups is 2. The predicted molar refractivity (Wildman–Crippen MR) is 71.8 cm³/mol. The van der Waals surface area contributed by atoms with Crippen LogP contribution in [0.15, 0.2) is 43.0 Å². The Morgan fingerprint density at radius 1 is 1.32 bits per heavy atom. The summed E-state index contributed by atoms with van der Waals surface area (Å²) in [6.45, 7) is 6.54. The number of ether oxygens (including phenoxy) is 2. The van der Waals surface area contributed by atoms with E-state index in [1.165, 1.54) is 0 Å². The molecule has 0 heterocycles. The summed E-state index contributed by atoms with van der Waals surface area (Å²) in [6, 6.07) is 8.92. The maximum Gasteiger partial charge on any atom is 0.412 e. The van der Waals surface area contributed by atoms with Crippen molar-refractivity contribution in [3.8, 4) is 0 Å². The molecule has 0 aromatic heterocycles. The Bertz CT molecular complexity index is 454. The highest BCUT2D eigenvalue weighted by Gasteiger charge is 2.24. The van der Waals surface area contributed by atoms with Crippen LogP contribution in [0.25, 0.3) is 0 Å². The molecule has 0 aliphatic rings. The molecule has 1 N–H and O–H groups in total. The minimum absolute atomic E-state index is 0.0416. The largest absolute Gasteiger partial charge is 0.458 e. The molecule has 0 saturated carbocycles. The van der Waals surface area contributed by atoms with E-state index in [9.17, 15) is 9.59 Å². The van der Waals surface area contributed by atoms with Crippen LogP contribution in [0.2, 0.25) is 0 Å². The van der Waals surface area contributed by atoms with Crippen molar-refractivity contribution in [2.75, 3.05) is 11.9 Å².